The predicted molar refractivity (Wildman–Crippen MR) is 62.2 cm³/mol. The van der Waals surface area contributed by atoms with Crippen LogP contribution in [0.25, 0.3) is 0 Å². The number of aromatic nitrogens is 1. The quantitative estimate of drug-likeness (QED) is 0.662. The van der Waals surface area contributed by atoms with Crippen molar-refractivity contribution in [1.29, 1.82) is 0 Å². The SMILES string of the molecule is Nc1cccc(CNCc2ccc[nH]2)c1. The Hall–Kier alpha value is -1.74. The molecule has 0 bridgehead atoms. The second kappa shape index (κ2) is 4.66. The Morgan fingerprint density at radius 1 is 1.13 bits per heavy atom. The molecule has 0 unspecified atom stereocenters. The fourth-order valence-corrected chi connectivity index (χ4v) is 1.52. The van der Waals surface area contributed by atoms with Crippen LogP contribution in [0.4, 0.5) is 5.69 Å². The van der Waals surface area contributed by atoms with Gasteiger partial charge in [-0.3, -0.25) is 0 Å². The third kappa shape index (κ3) is 2.86. The van der Waals surface area contributed by atoms with Crippen molar-refractivity contribution in [3.8, 4) is 0 Å². The highest BCUT2D eigenvalue weighted by Crippen LogP contribution is 2.06. The number of nitrogens with one attached hydrogen (secondary N) is 2. The molecule has 0 amide bonds. The van der Waals surface area contributed by atoms with Crippen LogP contribution in [-0.4, -0.2) is 4.98 Å². The fraction of sp³-hybridized carbons (Fsp3) is 0.167. The largest absolute Gasteiger partial charge is 0.399 e. The van der Waals surface area contributed by atoms with Gasteiger partial charge in [0.2, 0.25) is 0 Å². The van der Waals surface area contributed by atoms with Crippen molar-refractivity contribution in [1.82, 2.24) is 10.3 Å². The van der Waals surface area contributed by atoms with Gasteiger partial charge in [0.05, 0.1) is 0 Å². The zero-order valence-electron chi connectivity index (χ0n) is 8.53. The smallest absolute Gasteiger partial charge is 0.0360 e. The maximum Gasteiger partial charge on any atom is 0.0360 e. The lowest BCUT2D eigenvalue weighted by molar-refractivity contribution is 0.683. The maximum absolute atomic E-state index is 5.69. The van der Waals surface area contributed by atoms with Crippen LogP contribution in [0.1, 0.15) is 11.3 Å². The van der Waals surface area contributed by atoms with Crippen molar-refractivity contribution in [3.63, 3.8) is 0 Å². The zero-order valence-corrected chi connectivity index (χ0v) is 8.53. The number of anilines is 1. The van der Waals surface area contributed by atoms with Crippen LogP contribution in [0.3, 0.4) is 0 Å². The van der Waals surface area contributed by atoms with Gasteiger partial charge in [-0.1, -0.05) is 12.1 Å². The van der Waals surface area contributed by atoms with E-state index >= 15 is 0 Å². The van der Waals surface area contributed by atoms with Gasteiger partial charge in [-0.25, -0.2) is 0 Å². The third-order valence-electron chi connectivity index (χ3n) is 2.26. The van der Waals surface area contributed by atoms with E-state index in [2.05, 4.69) is 22.4 Å². The van der Waals surface area contributed by atoms with Gasteiger partial charge in [0.15, 0.2) is 0 Å². The molecule has 0 spiro atoms. The summed E-state index contributed by atoms with van der Waals surface area (Å²) in [4.78, 5) is 3.15. The molecule has 2 rings (SSSR count). The highest BCUT2D eigenvalue weighted by atomic mass is 14.9. The van der Waals surface area contributed by atoms with Gasteiger partial charge in [0, 0.05) is 30.7 Å². The van der Waals surface area contributed by atoms with Crippen LogP contribution in [-0.2, 0) is 13.1 Å². The van der Waals surface area contributed by atoms with Crippen molar-refractivity contribution in [2.45, 2.75) is 13.1 Å². The van der Waals surface area contributed by atoms with E-state index in [0.29, 0.717) is 0 Å². The van der Waals surface area contributed by atoms with Crippen LogP contribution in [0.15, 0.2) is 42.6 Å². The molecule has 3 nitrogen and oxygen atoms in total. The molecule has 0 aliphatic heterocycles. The highest BCUT2D eigenvalue weighted by molar-refractivity contribution is 5.40. The molecule has 0 fully saturated rings. The Bertz CT molecular complexity index is 407. The molecular weight excluding hydrogens is 186 g/mol. The molecule has 15 heavy (non-hydrogen) atoms. The average Bonchev–Trinajstić information content (AvgIpc) is 2.71. The van der Waals surface area contributed by atoms with E-state index in [1.165, 1.54) is 11.3 Å². The Kier molecular flexibility index (Phi) is 3.05. The molecule has 0 atom stereocenters. The topological polar surface area (TPSA) is 53.8 Å². The molecule has 1 aromatic heterocycles. The lowest BCUT2D eigenvalue weighted by Crippen LogP contribution is -2.12. The van der Waals surface area contributed by atoms with Crippen molar-refractivity contribution < 1.29 is 0 Å². The first-order valence-electron chi connectivity index (χ1n) is 5.02. The van der Waals surface area contributed by atoms with Gasteiger partial charge in [-0.2, -0.15) is 0 Å². The number of rotatable bonds is 4. The van der Waals surface area contributed by atoms with Crippen LogP contribution in [0.2, 0.25) is 0 Å². The average molecular weight is 201 g/mol. The molecule has 0 saturated heterocycles. The normalized spacial score (nSPS) is 10.4. The molecule has 0 radical (unpaired) electrons. The Morgan fingerprint density at radius 3 is 2.80 bits per heavy atom. The fourth-order valence-electron chi connectivity index (χ4n) is 1.52. The van der Waals surface area contributed by atoms with E-state index in [1.54, 1.807) is 0 Å². The molecule has 2 aromatic rings. The van der Waals surface area contributed by atoms with E-state index in [1.807, 2.05) is 30.5 Å². The third-order valence-corrected chi connectivity index (χ3v) is 2.26. The van der Waals surface area contributed by atoms with E-state index in [0.717, 1.165) is 18.8 Å². The molecule has 0 aliphatic rings. The van der Waals surface area contributed by atoms with Gasteiger partial charge in [0.25, 0.3) is 0 Å². The second-order valence-corrected chi connectivity index (χ2v) is 3.54. The van der Waals surface area contributed by atoms with Gasteiger partial charge < -0.3 is 16.0 Å². The maximum atomic E-state index is 5.69. The number of hydrogen-bond acceptors (Lipinski definition) is 2. The number of benzene rings is 1. The number of H-pyrrole nitrogens is 1. The molecular formula is C12H15N3. The van der Waals surface area contributed by atoms with Crippen LogP contribution >= 0.6 is 0 Å². The lowest BCUT2D eigenvalue weighted by atomic mass is 10.2. The molecule has 78 valence electrons. The molecule has 0 aliphatic carbocycles. The summed E-state index contributed by atoms with van der Waals surface area (Å²) in [5.41, 5.74) is 8.91. The first kappa shape index (κ1) is 9.80. The summed E-state index contributed by atoms with van der Waals surface area (Å²) in [7, 11) is 0. The van der Waals surface area contributed by atoms with Crippen molar-refractivity contribution in [3.05, 3.63) is 53.9 Å². The molecule has 1 aromatic carbocycles. The molecule has 0 saturated carbocycles. The van der Waals surface area contributed by atoms with Crippen LogP contribution < -0.4 is 11.1 Å². The molecule has 3 heteroatoms. The Labute approximate surface area is 89.3 Å². The van der Waals surface area contributed by atoms with E-state index in [9.17, 15) is 0 Å². The number of hydrogen-bond donors (Lipinski definition) is 3. The first-order chi connectivity index (χ1) is 7.34. The van der Waals surface area contributed by atoms with Gasteiger partial charge in [0.1, 0.15) is 0 Å². The first-order valence-corrected chi connectivity index (χ1v) is 5.02. The van der Waals surface area contributed by atoms with Crippen LogP contribution in [0, 0.1) is 0 Å². The standard InChI is InChI=1S/C12H15N3/c13-11-4-1-3-10(7-11)8-14-9-12-5-2-6-15-12/h1-7,14-15H,8-9,13H2. The molecule has 4 N–H and O–H groups in total. The summed E-state index contributed by atoms with van der Waals surface area (Å²) >= 11 is 0. The van der Waals surface area contributed by atoms with Crippen LogP contribution in [0.5, 0.6) is 0 Å². The lowest BCUT2D eigenvalue weighted by Gasteiger charge is -2.04. The monoisotopic (exact) mass is 201 g/mol. The predicted octanol–water partition coefficient (Wildman–Crippen LogP) is 1.89. The number of nitrogen functional groups attached to an aromatic ring is 1. The minimum atomic E-state index is 0.814. The van der Waals surface area contributed by atoms with E-state index in [-0.39, 0.29) is 0 Å². The van der Waals surface area contributed by atoms with Crippen molar-refractivity contribution >= 4 is 5.69 Å². The summed E-state index contributed by atoms with van der Waals surface area (Å²) in [6, 6.07) is 12.0. The summed E-state index contributed by atoms with van der Waals surface area (Å²) in [6.45, 7) is 1.69. The Morgan fingerprint density at radius 2 is 2.07 bits per heavy atom. The minimum Gasteiger partial charge on any atom is -0.399 e. The second-order valence-electron chi connectivity index (χ2n) is 3.54. The van der Waals surface area contributed by atoms with Crippen molar-refractivity contribution in [2.75, 3.05) is 5.73 Å². The van der Waals surface area contributed by atoms with Gasteiger partial charge >= 0.3 is 0 Å². The summed E-state index contributed by atoms with van der Waals surface area (Å²) < 4.78 is 0. The van der Waals surface area contributed by atoms with Crippen molar-refractivity contribution in [2.24, 2.45) is 0 Å². The number of nitrogens with two attached hydrogens (primary N) is 1. The van der Waals surface area contributed by atoms with Gasteiger partial charge in [-0.05, 0) is 29.8 Å². The zero-order chi connectivity index (χ0) is 10.5. The summed E-state index contributed by atoms with van der Waals surface area (Å²) in [5, 5.41) is 3.34. The van der Waals surface area contributed by atoms with Gasteiger partial charge in [-0.15, -0.1) is 0 Å². The Balaban J connectivity index is 1.83. The molecule has 1 heterocycles. The minimum absolute atomic E-state index is 0.814. The van der Waals surface area contributed by atoms with E-state index in [4.69, 9.17) is 5.73 Å². The number of aromatic amines is 1. The summed E-state index contributed by atoms with van der Waals surface area (Å²) in [6.07, 6.45) is 1.93. The van der Waals surface area contributed by atoms with E-state index < -0.39 is 0 Å². The highest BCUT2D eigenvalue weighted by Gasteiger charge is 1.94. The summed E-state index contributed by atoms with van der Waals surface area (Å²) in [5.74, 6) is 0.